The molecule has 0 aliphatic carbocycles. The monoisotopic (exact) mass is 441 g/mol. The standard InChI is InChI=1S/C23H23NO4S2/c1-23(2,3)18-11-12-20(17(15-18)10-9-16-7-5-4-6-8-16)30(27,28)24-19-13-14-29-21(19)22(25)26/h4-15,24H,1-3H3,(H,25,26). The fraction of sp³-hybridized carbons (Fsp3) is 0.174. The summed E-state index contributed by atoms with van der Waals surface area (Å²) in [7, 11) is -3.99. The lowest BCUT2D eigenvalue weighted by atomic mass is 9.86. The molecule has 156 valence electrons. The number of aromatic carboxylic acids is 1. The van der Waals surface area contributed by atoms with Crippen molar-refractivity contribution < 1.29 is 18.3 Å². The van der Waals surface area contributed by atoms with Gasteiger partial charge in [-0.1, -0.05) is 69.3 Å². The highest BCUT2D eigenvalue weighted by Crippen LogP contribution is 2.30. The van der Waals surface area contributed by atoms with E-state index in [9.17, 15) is 18.3 Å². The van der Waals surface area contributed by atoms with Gasteiger partial charge in [0.1, 0.15) is 4.88 Å². The van der Waals surface area contributed by atoms with Crippen LogP contribution in [-0.4, -0.2) is 19.5 Å². The quantitative estimate of drug-likeness (QED) is 0.480. The van der Waals surface area contributed by atoms with Gasteiger partial charge in [-0.25, -0.2) is 13.2 Å². The van der Waals surface area contributed by atoms with Crippen molar-refractivity contribution in [2.24, 2.45) is 0 Å². The summed E-state index contributed by atoms with van der Waals surface area (Å²) in [5.74, 6) is -1.17. The Morgan fingerprint density at radius 2 is 1.73 bits per heavy atom. The van der Waals surface area contributed by atoms with Crippen LogP contribution in [0.15, 0.2) is 64.9 Å². The number of hydrogen-bond acceptors (Lipinski definition) is 4. The predicted octanol–water partition coefficient (Wildman–Crippen LogP) is 5.72. The van der Waals surface area contributed by atoms with Crippen molar-refractivity contribution in [2.75, 3.05) is 4.72 Å². The second-order valence-corrected chi connectivity index (χ2v) is 10.4. The molecule has 2 N–H and O–H groups in total. The molecule has 0 bridgehead atoms. The summed E-state index contributed by atoms with van der Waals surface area (Å²) in [6.45, 7) is 6.18. The van der Waals surface area contributed by atoms with Gasteiger partial charge in [0.25, 0.3) is 10.0 Å². The number of carbonyl (C=O) groups is 1. The topological polar surface area (TPSA) is 83.5 Å². The molecule has 0 unspecified atom stereocenters. The third-order valence-electron chi connectivity index (χ3n) is 4.52. The first-order valence-corrected chi connectivity index (χ1v) is 11.7. The van der Waals surface area contributed by atoms with Crippen LogP contribution in [0.5, 0.6) is 0 Å². The zero-order valence-corrected chi connectivity index (χ0v) is 18.5. The zero-order valence-electron chi connectivity index (χ0n) is 16.9. The van der Waals surface area contributed by atoms with E-state index in [0.29, 0.717) is 5.56 Å². The highest BCUT2D eigenvalue weighted by atomic mass is 32.2. The Bertz CT molecular complexity index is 1190. The number of anilines is 1. The minimum atomic E-state index is -3.99. The summed E-state index contributed by atoms with van der Waals surface area (Å²) in [4.78, 5) is 11.4. The van der Waals surface area contributed by atoms with E-state index in [1.54, 1.807) is 23.6 Å². The van der Waals surface area contributed by atoms with Crippen LogP contribution in [0.3, 0.4) is 0 Å². The molecule has 0 atom stereocenters. The van der Waals surface area contributed by atoms with Gasteiger partial charge >= 0.3 is 5.97 Å². The zero-order chi connectivity index (χ0) is 21.9. The molecule has 0 radical (unpaired) electrons. The SMILES string of the molecule is CC(C)(C)c1ccc(S(=O)(=O)Nc2ccsc2C(=O)O)c(C=Cc2ccccc2)c1. The Labute approximate surface area is 180 Å². The number of carboxylic acid groups (broad SMARTS) is 1. The maximum absolute atomic E-state index is 13.1. The molecule has 0 saturated heterocycles. The van der Waals surface area contributed by atoms with Crippen LogP contribution >= 0.6 is 11.3 Å². The van der Waals surface area contributed by atoms with Crippen LogP contribution in [0, 0.1) is 0 Å². The average molecular weight is 442 g/mol. The molecule has 3 rings (SSSR count). The lowest BCUT2D eigenvalue weighted by Gasteiger charge is -2.21. The summed E-state index contributed by atoms with van der Waals surface area (Å²) in [5, 5.41) is 10.8. The first-order valence-electron chi connectivity index (χ1n) is 9.29. The molecule has 1 heterocycles. The van der Waals surface area contributed by atoms with Gasteiger partial charge in [0.2, 0.25) is 0 Å². The largest absolute Gasteiger partial charge is 0.477 e. The molecule has 0 fully saturated rings. The third-order valence-corrected chi connectivity index (χ3v) is 6.87. The molecule has 7 heteroatoms. The van der Waals surface area contributed by atoms with Gasteiger partial charge in [-0.05, 0) is 45.7 Å². The lowest BCUT2D eigenvalue weighted by molar-refractivity contribution is 0.0703. The summed E-state index contributed by atoms with van der Waals surface area (Å²) in [6, 6.07) is 16.3. The molecule has 0 aliphatic heterocycles. The van der Waals surface area contributed by atoms with E-state index in [0.717, 1.165) is 22.5 Å². The van der Waals surface area contributed by atoms with Crippen LogP contribution in [0.1, 0.15) is 47.1 Å². The molecule has 3 aromatic rings. The Balaban J connectivity index is 2.07. The van der Waals surface area contributed by atoms with Crippen molar-refractivity contribution in [3.05, 3.63) is 81.5 Å². The molecule has 0 saturated carbocycles. The third kappa shape index (κ3) is 4.98. The average Bonchev–Trinajstić information content (AvgIpc) is 3.14. The highest BCUT2D eigenvalue weighted by Gasteiger charge is 2.23. The Morgan fingerprint density at radius 3 is 2.37 bits per heavy atom. The second-order valence-electron chi connectivity index (χ2n) is 7.82. The van der Waals surface area contributed by atoms with Crippen molar-refractivity contribution >= 4 is 45.2 Å². The van der Waals surface area contributed by atoms with Gasteiger partial charge in [0, 0.05) is 0 Å². The van der Waals surface area contributed by atoms with Crippen LogP contribution in [-0.2, 0) is 15.4 Å². The van der Waals surface area contributed by atoms with Gasteiger partial charge in [-0.3, -0.25) is 4.72 Å². The van der Waals surface area contributed by atoms with Gasteiger partial charge in [-0.2, -0.15) is 0 Å². The fourth-order valence-corrected chi connectivity index (χ4v) is 4.90. The van der Waals surface area contributed by atoms with Crippen molar-refractivity contribution in [1.29, 1.82) is 0 Å². The van der Waals surface area contributed by atoms with Gasteiger partial charge in [-0.15, -0.1) is 11.3 Å². The normalized spacial score (nSPS) is 12.2. The van der Waals surface area contributed by atoms with E-state index in [1.807, 2.05) is 42.5 Å². The molecule has 0 amide bonds. The molecule has 5 nitrogen and oxygen atoms in total. The van der Waals surface area contributed by atoms with E-state index in [2.05, 4.69) is 25.5 Å². The smallest absolute Gasteiger partial charge is 0.348 e. The second kappa shape index (κ2) is 8.45. The molecule has 0 aliphatic rings. The van der Waals surface area contributed by atoms with E-state index in [4.69, 9.17) is 0 Å². The lowest BCUT2D eigenvalue weighted by Crippen LogP contribution is -2.17. The molecule has 1 aromatic heterocycles. The fourth-order valence-electron chi connectivity index (χ4n) is 2.90. The van der Waals surface area contributed by atoms with E-state index < -0.39 is 16.0 Å². The highest BCUT2D eigenvalue weighted by molar-refractivity contribution is 7.92. The van der Waals surface area contributed by atoms with Crippen molar-refractivity contribution in [3.63, 3.8) is 0 Å². The van der Waals surface area contributed by atoms with Crippen molar-refractivity contribution in [2.45, 2.75) is 31.1 Å². The summed E-state index contributed by atoms with van der Waals surface area (Å²) < 4.78 is 28.7. The molecule has 30 heavy (non-hydrogen) atoms. The summed E-state index contributed by atoms with van der Waals surface area (Å²) >= 11 is 0.971. The number of thiophene rings is 1. The Hall–Kier alpha value is -2.90. The van der Waals surface area contributed by atoms with Crippen LogP contribution in [0.4, 0.5) is 5.69 Å². The number of sulfonamides is 1. The van der Waals surface area contributed by atoms with Crippen LogP contribution < -0.4 is 4.72 Å². The number of rotatable bonds is 6. The molecular weight excluding hydrogens is 418 g/mol. The van der Waals surface area contributed by atoms with Gasteiger partial charge in [0.05, 0.1) is 10.6 Å². The van der Waals surface area contributed by atoms with Crippen molar-refractivity contribution in [1.82, 2.24) is 0 Å². The minimum Gasteiger partial charge on any atom is -0.477 e. The molecular formula is C23H23NO4S2. The number of carboxylic acids is 1. The van der Waals surface area contributed by atoms with E-state index in [-0.39, 0.29) is 20.9 Å². The summed E-state index contributed by atoms with van der Waals surface area (Å²) in [6.07, 6.45) is 3.62. The molecule has 2 aromatic carbocycles. The van der Waals surface area contributed by atoms with Crippen molar-refractivity contribution in [3.8, 4) is 0 Å². The number of benzene rings is 2. The number of nitrogens with one attached hydrogen (secondary N) is 1. The maximum Gasteiger partial charge on any atom is 0.348 e. The Kier molecular flexibility index (Phi) is 6.14. The number of hydrogen-bond donors (Lipinski definition) is 2. The van der Waals surface area contributed by atoms with Gasteiger partial charge < -0.3 is 5.11 Å². The first-order chi connectivity index (χ1) is 14.1. The Morgan fingerprint density at radius 1 is 1.03 bits per heavy atom. The van der Waals surface area contributed by atoms with Crippen LogP contribution in [0.2, 0.25) is 0 Å². The predicted molar refractivity (Wildman–Crippen MR) is 123 cm³/mol. The van der Waals surface area contributed by atoms with Gasteiger partial charge in [0.15, 0.2) is 0 Å². The minimum absolute atomic E-state index is 0.0498. The van der Waals surface area contributed by atoms with E-state index >= 15 is 0 Å². The van der Waals surface area contributed by atoms with E-state index in [1.165, 1.54) is 6.07 Å². The molecule has 0 spiro atoms. The summed E-state index contributed by atoms with van der Waals surface area (Å²) in [5.41, 5.74) is 2.38. The first kappa shape index (κ1) is 21.8. The maximum atomic E-state index is 13.1. The van der Waals surface area contributed by atoms with Crippen LogP contribution in [0.25, 0.3) is 12.2 Å².